The van der Waals surface area contributed by atoms with Crippen LogP contribution in [0.4, 0.5) is 11.4 Å². The van der Waals surface area contributed by atoms with Gasteiger partial charge in [-0.25, -0.2) is 0 Å². The predicted molar refractivity (Wildman–Crippen MR) is 113 cm³/mol. The zero-order valence-electron chi connectivity index (χ0n) is 15.6. The highest BCUT2D eigenvalue weighted by molar-refractivity contribution is 6.37. The summed E-state index contributed by atoms with van der Waals surface area (Å²) in [6, 6.07) is 19.6. The summed E-state index contributed by atoms with van der Waals surface area (Å²) in [6.07, 6.45) is 0. The molecule has 1 heterocycles. The molecule has 0 unspecified atom stereocenters. The fraction of sp³-hybridized carbons (Fsp3) is 0.261. The highest BCUT2D eigenvalue weighted by Gasteiger charge is 2.32. The van der Waals surface area contributed by atoms with E-state index < -0.39 is 0 Å². The van der Waals surface area contributed by atoms with E-state index in [0.717, 1.165) is 30.0 Å². The molecule has 0 amide bonds. The second-order valence-electron chi connectivity index (χ2n) is 6.61. The van der Waals surface area contributed by atoms with Gasteiger partial charge in [0.1, 0.15) is 6.54 Å². The summed E-state index contributed by atoms with van der Waals surface area (Å²) >= 11 is 6.47. The van der Waals surface area contributed by atoms with Crippen LogP contribution in [0.15, 0.2) is 54.6 Å². The van der Waals surface area contributed by atoms with Gasteiger partial charge < -0.3 is 4.90 Å². The molecule has 0 radical (unpaired) electrons. The van der Waals surface area contributed by atoms with Crippen LogP contribution in [0.2, 0.25) is 5.02 Å². The third kappa shape index (κ3) is 2.52. The molecular weight excluding hydrogens is 340 g/mol. The lowest BCUT2D eigenvalue weighted by Gasteiger charge is -2.21. The van der Waals surface area contributed by atoms with Gasteiger partial charge in [-0.1, -0.05) is 23.7 Å². The monoisotopic (exact) mass is 363 g/mol. The molecule has 3 heteroatoms. The van der Waals surface area contributed by atoms with E-state index in [2.05, 4.69) is 78.8 Å². The number of halogens is 1. The summed E-state index contributed by atoms with van der Waals surface area (Å²) in [5.74, 6) is 0. The van der Waals surface area contributed by atoms with E-state index in [1.165, 1.54) is 33.6 Å². The van der Waals surface area contributed by atoms with Crippen LogP contribution < -0.4 is 4.90 Å². The van der Waals surface area contributed by atoms with Gasteiger partial charge in [-0.05, 0) is 57.2 Å². The maximum absolute atomic E-state index is 6.47. The zero-order valence-corrected chi connectivity index (χ0v) is 16.3. The van der Waals surface area contributed by atoms with Gasteiger partial charge in [-0.2, -0.15) is 4.58 Å². The van der Waals surface area contributed by atoms with Crippen LogP contribution in [0.25, 0.3) is 10.8 Å². The third-order valence-corrected chi connectivity index (χ3v) is 5.70. The Kier molecular flexibility index (Phi) is 4.46. The van der Waals surface area contributed by atoms with Gasteiger partial charge in [0.05, 0.1) is 10.9 Å². The van der Waals surface area contributed by atoms with Crippen molar-refractivity contribution in [2.75, 3.05) is 24.5 Å². The van der Waals surface area contributed by atoms with Crippen molar-refractivity contribution in [3.05, 3.63) is 70.7 Å². The molecule has 3 aromatic rings. The van der Waals surface area contributed by atoms with E-state index in [9.17, 15) is 0 Å². The molecule has 132 valence electrons. The predicted octanol–water partition coefficient (Wildman–Crippen LogP) is 5.85. The lowest BCUT2D eigenvalue weighted by molar-refractivity contribution is -0.431. The molecule has 0 aliphatic carbocycles. The van der Waals surface area contributed by atoms with Crippen LogP contribution in [0.5, 0.6) is 0 Å². The van der Waals surface area contributed by atoms with E-state index in [1.807, 2.05) is 6.07 Å². The maximum atomic E-state index is 6.47. The van der Waals surface area contributed by atoms with Crippen molar-refractivity contribution in [1.29, 1.82) is 0 Å². The fourth-order valence-electron chi connectivity index (χ4n) is 4.10. The van der Waals surface area contributed by atoms with E-state index in [-0.39, 0.29) is 0 Å². The number of anilines is 1. The molecule has 0 saturated carbocycles. The molecule has 0 N–H and O–H groups in total. The summed E-state index contributed by atoms with van der Waals surface area (Å²) < 4.78 is 2.40. The molecule has 0 atom stereocenters. The quantitative estimate of drug-likeness (QED) is 0.515. The van der Waals surface area contributed by atoms with Gasteiger partial charge in [0.25, 0.3) is 0 Å². The van der Waals surface area contributed by atoms with Gasteiger partial charge in [0.2, 0.25) is 11.4 Å². The van der Waals surface area contributed by atoms with Crippen molar-refractivity contribution in [3.8, 4) is 0 Å². The van der Waals surface area contributed by atoms with Gasteiger partial charge in [-0.15, -0.1) is 0 Å². The first-order chi connectivity index (χ1) is 12.7. The molecule has 0 aromatic heterocycles. The molecule has 0 bridgehead atoms. The lowest BCUT2D eigenvalue weighted by Crippen LogP contribution is -2.22. The number of rotatable bonds is 5. The Labute approximate surface area is 160 Å². The summed E-state index contributed by atoms with van der Waals surface area (Å²) in [5, 5.41) is 3.22. The number of benzene rings is 3. The first-order valence-electron chi connectivity index (χ1n) is 9.41. The lowest BCUT2D eigenvalue weighted by atomic mass is 9.98. The van der Waals surface area contributed by atoms with Crippen molar-refractivity contribution in [1.82, 2.24) is 0 Å². The summed E-state index contributed by atoms with van der Waals surface area (Å²) in [5.41, 5.74) is 6.34. The molecule has 4 rings (SSSR count). The van der Waals surface area contributed by atoms with Crippen molar-refractivity contribution in [2.45, 2.75) is 20.8 Å². The minimum atomic E-state index is 0.819. The number of nitrogens with zero attached hydrogens (tertiary/aromatic N) is 2. The SMILES string of the molecule is CCN(CC)c1ccc(C2=[N+](CC)c3ccc(Cl)c4cccc2c34)cc1. The Morgan fingerprint density at radius 1 is 0.885 bits per heavy atom. The minimum Gasteiger partial charge on any atom is -0.372 e. The Bertz CT molecular complexity index is 999. The second kappa shape index (κ2) is 6.77. The van der Waals surface area contributed by atoms with Crippen LogP contribution in [0.3, 0.4) is 0 Å². The molecule has 26 heavy (non-hydrogen) atoms. The molecular formula is C23H24ClN2+. The second-order valence-corrected chi connectivity index (χ2v) is 7.01. The largest absolute Gasteiger partial charge is 0.372 e. The summed E-state index contributed by atoms with van der Waals surface area (Å²) in [7, 11) is 0. The third-order valence-electron chi connectivity index (χ3n) is 5.37. The maximum Gasteiger partial charge on any atom is 0.221 e. The zero-order chi connectivity index (χ0) is 18.3. The highest BCUT2D eigenvalue weighted by Crippen LogP contribution is 2.39. The Hall–Kier alpha value is -2.32. The highest BCUT2D eigenvalue weighted by atomic mass is 35.5. The number of hydrogen-bond donors (Lipinski definition) is 0. The minimum absolute atomic E-state index is 0.819. The van der Waals surface area contributed by atoms with Crippen molar-refractivity contribution in [2.24, 2.45) is 0 Å². The standard InChI is InChI=1S/C23H24ClN2/c1-4-25(5-2)17-12-10-16(11-13-17)23-19-9-7-8-18-20(24)14-15-21(22(18)19)26(23)6-3/h7-15H,4-6H2,1-3H3/q+1. The normalized spacial score (nSPS) is 12.9. The van der Waals surface area contributed by atoms with Crippen LogP contribution in [-0.4, -0.2) is 29.9 Å². The van der Waals surface area contributed by atoms with Gasteiger partial charge >= 0.3 is 0 Å². The van der Waals surface area contributed by atoms with E-state index in [0.29, 0.717) is 0 Å². The molecule has 2 nitrogen and oxygen atoms in total. The van der Waals surface area contributed by atoms with Gasteiger partial charge in [0, 0.05) is 40.8 Å². The van der Waals surface area contributed by atoms with Crippen LogP contribution in [0.1, 0.15) is 31.9 Å². The first-order valence-corrected chi connectivity index (χ1v) is 9.78. The topological polar surface area (TPSA) is 6.25 Å². The number of hydrogen-bond acceptors (Lipinski definition) is 1. The average molecular weight is 364 g/mol. The van der Waals surface area contributed by atoms with Gasteiger partial charge in [-0.3, -0.25) is 0 Å². The van der Waals surface area contributed by atoms with Crippen LogP contribution >= 0.6 is 11.6 Å². The molecule has 0 saturated heterocycles. The van der Waals surface area contributed by atoms with Crippen LogP contribution in [0, 0.1) is 0 Å². The molecule has 1 aliphatic heterocycles. The smallest absolute Gasteiger partial charge is 0.221 e. The fourth-order valence-corrected chi connectivity index (χ4v) is 4.32. The molecule has 0 spiro atoms. The average Bonchev–Trinajstić information content (AvgIpc) is 3.01. The van der Waals surface area contributed by atoms with E-state index in [4.69, 9.17) is 11.6 Å². The van der Waals surface area contributed by atoms with Crippen molar-refractivity contribution < 1.29 is 4.58 Å². The Morgan fingerprint density at radius 2 is 1.62 bits per heavy atom. The van der Waals surface area contributed by atoms with Crippen LogP contribution in [-0.2, 0) is 0 Å². The van der Waals surface area contributed by atoms with E-state index >= 15 is 0 Å². The molecule has 3 aromatic carbocycles. The van der Waals surface area contributed by atoms with Crippen molar-refractivity contribution >= 4 is 39.5 Å². The van der Waals surface area contributed by atoms with E-state index in [1.54, 1.807) is 0 Å². The first kappa shape index (κ1) is 17.1. The Balaban J connectivity index is 1.88. The Morgan fingerprint density at radius 3 is 2.27 bits per heavy atom. The molecule has 1 aliphatic rings. The summed E-state index contributed by atoms with van der Waals surface area (Å²) in [4.78, 5) is 2.37. The summed E-state index contributed by atoms with van der Waals surface area (Å²) in [6.45, 7) is 9.58. The molecule has 0 fully saturated rings. The van der Waals surface area contributed by atoms with Gasteiger partial charge in [0.15, 0.2) is 0 Å². The van der Waals surface area contributed by atoms with Crippen molar-refractivity contribution in [3.63, 3.8) is 0 Å².